The monoisotopic (exact) mass is 244 g/mol. The molecule has 0 aliphatic rings. The number of benzene rings is 1. The zero-order chi connectivity index (χ0) is 13.1. The van der Waals surface area contributed by atoms with Crippen LogP contribution in [0.15, 0.2) is 39.6 Å². The van der Waals surface area contributed by atoms with Gasteiger partial charge in [0.15, 0.2) is 0 Å². The van der Waals surface area contributed by atoms with Crippen LogP contribution in [0.1, 0.15) is 18.1 Å². The van der Waals surface area contributed by atoms with E-state index in [0.717, 1.165) is 16.7 Å². The molecule has 0 atom stereocenters. The van der Waals surface area contributed by atoms with Gasteiger partial charge in [0.1, 0.15) is 11.3 Å². The standard InChI is InChI=1S/C15H16O3/c1-4-5-6-11-9-12-13(17-3)7-10(2)8-14(12)18-15(11)16/h4-5,7-9H,6H2,1-3H3/b5-4+. The fourth-order valence-corrected chi connectivity index (χ4v) is 1.91. The van der Waals surface area contributed by atoms with Gasteiger partial charge in [-0.3, -0.25) is 0 Å². The number of allylic oxidation sites excluding steroid dienone is 2. The van der Waals surface area contributed by atoms with Crippen LogP contribution in [0.5, 0.6) is 5.75 Å². The normalized spacial score (nSPS) is 11.3. The second-order valence-corrected chi connectivity index (χ2v) is 4.21. The van der Waals surface area contributed by atoms with Crippen LogP contribution < -0.4 is 10.4 Å². The van der Waals surface area contributed by atoms with Gasteiger partial charge in [-0.05, 0) is 44.0 Å². The van der Waals surface area contributed by atoms with E-state index in [-0.39, 0.29) is 5.63 Å². The molecule has 0 amide bonds. The highest BCUT2D eigenvalue weighted by Gasteiger charge is 2.09. The second kappa shape index (κ2) is 5.08. The van der Waals surface area contributed by atoms with E-state index in [9.17, 15) is 4.79 Å². The molecule has 1 aromatic heterocycles. The average molecular weight is 244 g/mol. The van der Waals surface area contributed by atoms with Gasteiger partial charge in [-0.25, -0.2) is 4.79 Å². The van der Waals surface area contributed by atoms with Crippen molar-refractivity contribution >= 4 is 11.0 Å². The summed E-state index contributed by atoms with van der Waals surface area (Å²) in [6.07, 6.45) is 4.42. The van der Waals surface area contributed by atoms with E-state index in [1.807, 2.05) is 44.2 Å². The van der Waals surface area contributed by atoms with Crippen LogP contribution in [0.4, 0.5) is 0 Å². The molecule has 0 aliphatic carbocycles. The number of aryl methyl sites for hydroxylation is 1. The molecule has 18 heavy (non-hydrogen) atoms. The van der Waals surface area contributed by atoms with Crippen molar-refractivity contribution in [3.8, 4) is 5.75 Å². The zero-order valence-corrected chi connectivity index (χ0v) is 10.8. The number of rotatable bonds is 3. The summed E-state index contributed by atoms with van der Waals surface area (Å²) in [5.74, 6) is 0.732. The molecule has 3 heteroatoms. The van der Waals surface area contributed by atoms with Gasteiger partial charge in [0.05, 0.1) is 12.5 Å². The van der Waals surface area contributed by atoms with Crippen molar-refractivity contribution in [1.82, 2.24) is 0 Å². The topological polar surface area (TPSA) is 39.4 Å². The summed E-state index contributed by atoms with van der Waals surface area (Å²) < 4.78 is 10.7. The Morgan fingerprint density at radius 1 is 1.33 bits per heavy atom. The third kappa shape index (κ3) is 2.30. The van der Waals surface area contributed by atoms with Gasteiger partial charge in [-0.2, -0.15) is 0 Å². The Hall–Kier alpha value is -2.03. The maximum atomic E-state index is 11.8. The maximum Gasteiger partial charge on any atom is 0.339 e. The van der Waals surface area contributed by atoms with Crippen LogP contribution in [0.3, 0.4) is 0 Å². The first-order chi connectivity index (χ1) is 8.65. The highest BCUT2D eigenvalue weighted by molar-refractivity contribution is 5.84. The first-order valence-corrected chi connectivity index (χ1v) is 5.88. The number of fused-ring (bicyclic) bond motifs is 1. The lowest BCUT2D eigenvalue weighted by molar-refractivity contribution is 0.418. The maximum absolute atomic E-state index is 11.8. The SMILES string of the molecule is C/C=C/Cc1cc2c(OC)cc(C)cc2oc1=O. The molecule has 0 saturated heterocycles. The highest BCUT2D eigenvalue weighted by Crippen LogP contribution is 2.27. The first-order valence-electron chi connectivity index (χ1n) is 5.88. The number of hydrogen-bond acceptors (Lipinski definition) is 3. The Bertz CT molecular complexity index is 651. The van der Waals surface area contributed by atoms with Crippen LogP contribution in [-0.2, 0) is 6.42 Å². The van der Waals surface area contributed by atoms with Gasteiger partial charge in [-0.1, -0.05) is 12.2 Å². The molecule has 0 spiro atoms. The molecule has 1 aromatic carbocycles. The molecule has 0 N–H and O–H groups in total. The van der Waals surface area contributed by atoms with E-state index in [0.29, 0.717) is 17.6 Å². The van der Waals surface area contributed by atoms with Crippen molar-refractivity contribution in [2.75, 3.05) is 7.11 Å². The van der Waals surface area contributed by atoms with Crippen LogP contribution in [-0.4, -0.2) is 7.11 Å². The van der Waals surface area contributed by atoms with E-state index in [1.165, 1.54) is 0 Å². The Labute approximate surface area is 106 Å². The quantitative estimate of drug-likeness (QED) is 0.614. The highest BCUT2D eigenvalue weighted by atomic mass is 16.5. The summed E-state index contributed by atoms with van der Waals surface area (Å²) in [5, 5.41) is 0.835. The summed E-state index contributed by atoms with van der Waals surface area (Å²) in [7, 11) is 1.62. The van der Waals surface area contributed by atoms with Crippen LogP contribution in [0, 0.1) is 6.92 Å². The van der Waals surface area contributed by atoms with Crippen LogP contribution in [0.25, 0.3) is 11.0 Å². The first kappa shape index (κ1) is 12.4. The Balaban J connectivity index is 2.68. The van der Waals surface area contributed by atoms with Crippen molar-refractivity contribution in [2.45, 2.75) is 20.3 Å². The number of ether oxygens (including phenoxy) is 1. The van der Waals surface area contributed by atoms with Gasteiger partial charge in [0, 0.05) is 5.56 Å². The van der Waals surface area contributed by atoms with E-state index in [1.54, 1.807) is 7.11 Å². The van der Waals surface area contributed by atoms with Crippen molar-refractivity contribution in [3.05, 3.63) is 51.9 Å². The van der Waals surface area contributed by atoms with Crippen molar-refractivity contribution in [3.63, 3.8) is 0 Å². The fourth-order valence-electron chi connectivity index (χ4n) is 1.91. The minimum atomic E-state index is -0.284. The minimum Gasteiger partial charge on any atom is -0.496 e. The molecule has 0 bridgehead atoms. The van der Waals surface area contributed by atoms with E-state index >= 15 is 0 Å². The molecule has 0 fully saturated rings. The summed E-state index contributed by atoms with van der Waals surface area (Å²) in [6, 6.07) is 5.62. The van der Waals surface area contributed by atoms with Gasteiger partial charge in [0.2, 0.25) is 0 Å². The van der Waals surface area contributed by atoms with E-state index in [4.69, 9.17) is 9.15 Å². The predicted molar refractivity (Wildman–Crippen MR) is 72.3 cm³/mol. The Morgan fingerprint density at radius 2 is 2.11 bits per heavy atom. The Kier molecular flexibility index (Phi) is 3.51. The molecule has 2 rings (SSSR count). The number of methoxy groups -OCH3 is 1. The van der Waals surface area contributed by atoms with Gasteiger partial charge < -0.3 is 9.15 Å². The molecular formula is C15H16O3. The molecule has 94 valence electrons. The van der Waals surface area contributed by atoms with Crippen molar-refractivity contribution < 1.29 is 9.15 Å². The third-order valence-electron chi connectivity index (χ3n) is 2.83. The third-order valence-corrected chi connectivity index (χ3v) is 2.83. The molecule has 3 nitrogen and oxygen atoms in total. The predicted octanol–water partition coefficient (Wildman–Crippen LogP) is 3.23. The summed E-state index contributed by atoms with van der Waals surface area (Å²) in [6.45, 7) is 3.86. The summed E-state index contributed by atoms with van der Waals surface area (Å²) in [4.78, 5) is 11.8. The summed E-state index contributed by atoms with van der Waals surface area (Å²) >= 11 is 0. The lowest BCUT2D eigenvalue weighted by atomic mass is 10.1. The van der Waals surface area contributed by atoms with Crippen molar-refractivity contribution in [2.24, 2.45) is 0 Å². The zero-order valence-electron chi connectivity index (χ0n) is 10.8. The van der Waals surface area contributed by atoms with E-state index in [2.05, 4.69) is 0 Å². The molecule has 0 unspecified atom stereocenters. The fraction of sp³-hybridized carbons (Fsp3) is 0.267. The Morgan fingerprint density at radius 3 is 2.78 bits per heavy atom. The van der Waals surface area contributed by atoms with Crippen molar-refractivity contribution in [1.29, 1.82) is 0 Å². The number of hydrogen-bond donors (Lipinski definition) is 0. The van der Waals surface area contributed by atoms with Gasteiger partial charge in [-0.15, -0.1) is 0 Å². The molecular weight excluding hydrogens is 228 g/mol. The summed E-state index contributed by atoms with van der Waals surface area (Å²) in [5.41, 5.74) is 1.93. The average Bonchev–Trinajstić information content (AvgIpc) is 2.35. The minimum absolute atomic E-state index is 0.284. The van der Waals surface area contributed by atoms with Crippen LogP contribution in [0.2, 0.25) is 0 Å². The lowest BCUT2D eigenvalue weighted by Gasteiger charge is -2.07. The molecule has 0 saturated carbocycles. The molecule has 1 heterocycles. The smallest absolute Gasteiger partial charge is 0.339 e. The van der Waals surface area contributed by atoms with Gasteiger partial charge in [0.25, 0.3) is 0 Å². The molecule has 0 aliphatic heterocycles. The lowest BCUT2D eigenvalue weighted by Crippen LogP contribution is -2.06. The van der Waals surface area contributed by atoms with Gasteiger partial charge >= 0.3 is 5.63 Å². The van der Waals surface area contributed by atoms with Crippen LogP contribution >= 0.6 is 0 Å². The molecule has 0 radical (unpaired) electrons. The van der Waals surface area contributed by atoms with E-state index < -0.39 is 0 Å². The second-order valence-electron chi connectivity index (χ2n) is 4.21. The molecule has 2 aromatic rings. The largest absolute Gasteiger partial charge is 0.496 e.